The first-order valence-corrected chi connectivity index (χ1v) is 13.5. The highest BCUT2D eigenvalue weighted by molar-refractivity contribution is 6.43. The van der Waals surface area contributed by atoms with Crippen molar-refractivity contribution in [3.8, 4) is 6.07 Å². The first-order chi connectivity index (χ1) is 18.1. The van der Waals surface area contributed by atoms with Crippen LogP contribution in [-0.2, 0) is 20.7 Å². The molecule has 1 aromatic rings. The van der Waals surface area contributed by atoms with E-state index >= 15 is 0 Å². The molecule has 2 aliphatic carbocycles. The topological polar surface area (TPSA) is 135 Å². The van der Waals surface area contributed by atoms with Gasteiger partial charge in [0.05, 0.1) is 30.8 Å². The van der Waals surface area contributed by atoms with E-state index in [1.165, 1.54) is 0 Å². The minimum absolute atomic E-state index is 0.0419. The van der Waals surface area contributed by atoms with Gasteiger partial charge < -0.3 is 29.7 Å². The van der Waals surface area contributed by atoms with E-state index in [0.717, 1.165) is 24.2 Å². The van der Waals surface area contributed by atoms with Crippen molar-refractivity contribution < 1.29 is 29.1 Å². The van der Waals surface area contributed by atoms with Gasteiger partial charge in [0.25, 0.3) is 0 Å². The van der Waals surface area contributed by atoms with Crippen molar-refractivity contribution in [2.45, 2.75) is 50.6 Å². The second-order valence-corrected chi connectivity index (χ2v) is 11.9. The van der Waals surface area contributed by atoms with Gasteiger partial charge in [-0.1, -0.05) is 29.8 Å². The van der Waals surface area contributed by atoms with E-state index in [-0.39, 0.29) is 24.5 Å². The van der Waals surface area contributed by atoms with Crippen molar-refractivity contribution in [3.63, 3.8) is 0 Å². The molecule has 3 N–H and O–H groups in total. The number of nitrogens with zero attached hydrogens (tertiary/aromatic N) is 3. The molecular weight excluding hydrogens is 487 g/mol. The fraction of sp³-hybridized carbons (Fsp3) is 0.667. The molecule has 6 rings (SSSR count). The Balaban J connectivity index is 1.17. The van der Waals surface area contributed by atoms with Gasteiger partial charge in [-0.15, -0.1) is 0 Å². The van der Waals surface area contributed by atoms with Crippen LogP contribution in [-0.4, -0.2) is 95.4 Å². The Bertz CT molecular complexity index is 1090. The first-order valence-electron chi connectivity index (χ1n) is 13.5. The Kier molecular flexibility index (Phi) is 7.20. The van der Waals surface area contributed by atoms with Crippen LogP contribution in [0.3, 0.4) is 0 Å². The summed E-state index contributed by atoms with van der Waals surface area (Å²) in [5, 5.41) is 32.1. The lowest BCUT2D eigenvalue weighted by Gasteiger charge is -2.42. The van der Waals surface area contributed by atoms with E-state index in [1.54, 1.807) is 4.90 Å². The second kappa shape index (κ2) is 10.2. The lowest BCUT2D eigenvalue weighted by Crippen LogP contribution is -2.53. The van der Waals surface area contributed by atoms with E-state index in [0.29, 0.717) is 43.9 Å². The number of nitriles is 1. The summed E-state index contributed by atoms with van der Waals surface area (Å²) in [4.78, 5) is 30.3. The standard InChI is InChI=1S/C27H37BN4O6/c1-17-4-6-18(7-5-17)12-21(28(35)36)30-25(34)38-16-27-22-20(23(22)27)15-32(27)24(33)19(14-29)13-26(2,3)31-8-10-37-11-9-31/h4-7,19-23,35-36H,8-13,15-16H2,1-3H3,(H,30,34)/t19?,20-,21-,22+,23?,27+/m0/s1. The summed E-state index contributed by atoms with van der Waals surface area (Å²) in [7, 11) is -1.75. The molecule has 2 amide bonds. The number of alkyl carbamates (subject to hydrolysis) is 1. The van der Waals surface area contributed by atoms with Crippen LogP contribution in [0.25, 0.3) is 0 Å². The smallest absolute Gasteiger partial charge is 0.447 e. The zero-order valence-electron chi connectivity index (χ0n) is 22.3. The van der Waals surface area contributed by atoms with Gasteiger partial charge in [-0.3, -0.25) is 9.69 Å². The van der Waals surface area contributed by atoms with Crippen molar-refractivity contribution in [1.82, 2.24) is 15.1 Å². The average Bonchev–Trinajstić information content (AvgIpc) is 3.72. The largest absolute Gasteiger partial charge is 0.475 e. The van der Waals surface area contributed by atoms with Crippen LogP contribution in [0.15, 0.2) is 24.3 Å². The Labute approximate surface area is 224 Å². The summed E-state index contributed by atoms with van der Waals surface area (Å²) < 4.78 is 11.0. The van der Waals surface area contributed by atoms with Crippen LogP contribution >= 0.6 is 0 Å². The van der Waals surface area contributed by atoms with Gasteiger partial charge in [0.1, 0.15) is 12.5 Å². The van der Waals surface area contributed by atoms with Crippen LogP contribution in [0.5, 0.6) is 0 Å². The zero-order valence-corrected chi connectivity index (χ0v) is 22.3. The van der Waals surface area contributed by atoms with Crippen molar-refractivity contribution in [2.24, 2.45) is 23.7 Å². The third-order valence-corrected chi connectivity index (χ3v) is 9.07. The number of morpholine rings is 1. The highest BCUT2D eigenvalue weighted by Crippen LogP contribution is 2.83. The molecule has 10 nitrogen and oxygen atoms in total. The fourth-order valence-electron chi connectivity index (χ4n) is 6.77. The SMILES string of the molecule is Cc1ccc(C[C@H](NC(=O)OC[C@@]23C4[C@@H](CN2C(=O)C(C#N)CC(C)(C)N2CCOCC2)[C@H]43)B(O)O)cc1. The molecule has 38 heavy (non-hydrogen) atoms. The highest BCUT2D eigenvalue weighted by Gasteiger charge is 2.92. The van der Waals surface area contributed by atoms with Gasteiger partial charge >= 0.3 is 13.2 Å². The Morgan fingerprint density at radius 3 is 2.53 bits per heavy atom. The quantitative estimate of drug-likeness (QED) is 0.382. The molecule has 2 unspecified atom stereocenters. The zero-order chi connectivity index (χ0) is 27.2. The molecule has 3 aliphatic heterocycles. The monoisotopic (exact) mass is 524 g/mol. The number of hydrogen-bond donors (Lipinski definition) is 3. The molecule has 5 aliphatic rings. The lowest BCUT2D eigenvalue weighted by molar-refractivity contribution is -0.137. The maximum absolute atomic E-state index is 13.6. The van der Waals surface area contributed by atoms with Crippen molar-refractivity contribution in [1.29, 1.82) is 5.26 Å². The molecule has 11 heteroatoms. The molecular formula is C27H37BN4O6. The predicted molar refractivity (Wildman–Crippen MR) is 138 cm³/mol. The van der Waals surface area contributed by atoms with Gasteiger partial charge in [0, 0.05) is 25.2 Å². The van der Waals surface area contributed by atoms with Crippen LogP contribution < -0.4 is 5.32 Å². The van der Waals surface area contributed by atoms with Gasteiger partial charge in [0.2, 0.25) is 5.91 Å². The number of ether oxygens (including phenoxy) is 2. The molecule has 5 fully saturated rings. The summed E-state index contributed by atoms with van der Waals surface area (Å²) in [6.45, 7) is 9.58. The summed E-state index contributed by atoms with van der Waals surface area (Å²) >= 11 is 0. The number of hydrogen-bond acceptors (Lipinski definition) is 8. The number of fused-ring (bicyclic) bond motifs is 1. The van der Waals surface area contributed by atoms with Crippen molar-refractivity contribution >= 4 is 19.1 Å². The molecule has 0 spiro atoms. The third kappa shape index (κ3) is 4.91. The van der Waals surface area contributed by atoms with Crippen LogP contribution in [0.1, 0.15) is 31.4 Å². The van der Waals surface area contributed by atoms with Gasteiger partial charge in [-0.05, 0) is 56.9 Å². The Morgan fingerprint density at radius 1 is 1.26 bits per heavy atom. The second-order valence-electron chi connectivity index (χ2n) is 11.9. The normalized spacial score (nSPS) is 29.1. The van der Waals surface area contributed by atoms with E-state index in [2.05, 4.69) is 30.1 Å². The summed E-state index contributed by atoms with van der Waals surface area (Å²) in [6.07, 6.45) is -0.0958. The molecule has 2 saturated carbocycles. The number of amides is 2. The third-order valence-electron chi connectivity index (χ3n) is 9.07. The van der Waals surface area contributed by atoms with Gasteiger partial charge in [-0.2, -0.15) is 5.26 Å². The maximum atomic E-state index is 13.6. The molecule has 0 radical (unpaired) electrons. The van der Waals surface area contributed by atoms with E-state index in [1.807, 2.05) is 31.2 Å². The van der Waals surface area contributed by atoms with Crippen molar-refractivity contribution in [2.75, 3.05) is 39.5 Å². The maximum Gasteiger partial charge on any atom is 0.475 e. The number of carbonyl (C=O) groups excluding carboxylic acids is 2. The van der Waals surface area contributed by atoms with Crippen LogP contribution in [0.4, 0.5) is 4.79 Å². The molecule has 0 aromatic heterocycles. The number of piperidine rings is 1. The summed E-state index contributed by atoms with van der Waals surface area (Å²) in [5.41, 5.74) is 1.09. The summed E-state index contributed by atoms with van der Waals surface area (Å²) in [6, 6.07) is 9.84. The lowest BCUT2D eigenvalue weighted by atomic mass is 9.76. The Morgan fingerprint density at radius 2 is 1.92 bits per heavy atom. The van der Waals surface area contributed by atoms with E-state index < -0.39 is 30.6 Å². The Hall–Kier alpha value is -2.65. The summed E-state index contributed by atoms with van der Waals surface area (Å²) in [5.74, 6) is -0.842. The molecule has 1 aromatic carbocycles. The first kappa shape index (κ1) is 26.9. The number of rotatable bonds is 10. The van der Waals surface area contributed by atoms with Crippen LogP contribution in [0, 0.1) is 41.9 Å². The fourth-order valence-corrected chi connectivity index (χ4v) is 6.77. The van der Waals surface area contributed by atoms with E-state index in [4.69, 9.17) is 9.47 Å². The molecule has 204 valence electrons. The number of benzene rings is 1. The van der Waals surface area contributed by atoms with Gasteiger partial charge in [0.15, 0.2) is 0 Å². The predicted octanol–water partition coefficient (Wildman–Crippen LogP) is 0.742. The van der Waals surface area contributed by atoms with Gasteiger partial charge in [-0.25, -0.2) is 4.79 Å². The minimum Gasteiger partial charge on any atom is -0.447 e. The average molecular weight is 524 g/mol. The van der Waals surface area contributed by atoms with Crippen LogP contribution in [0.2, 0.25) is 0 Å². The highest BCUT2D eigenvalue weighted by atomic mass is 16.6. The molecule has 3 heterocycles. The molecule has 2 bridgehead atoms. The molecule has 6 atom stereocenters. The minimum atomic E-state index is -1.75. The molecule has 3 saturated heterocycles. The number of aryl methyl sites for hydroxylation is 1. The number of nitrogens with one attached hydrogen (secondary N) is 1. The van der Waals surface area contributed by atoms with Crippen molar-refractivity contribution in [3.05, 3.63) is 35.4 Å². The number of carbonyl (C=O) groups is 2. The van der Waals surface area contributed by atoms with E-state index in [9.17, 15) is 24.9 Å².